The van der Waals surface area contributed by atoms with E-state index < -0.39 is 5.57 Å². The fourth-order valence-electron chi connectivity index (χ4n) is 0.917. The van der Waals surface area contributed by atoms with Gasteiger partial charge in [-0.15, -0.1) is 11.8 Å². The van der Waals surface area contributed by atoms with E-state index in [-0.39, 0.29) is 0 Å². The summed E-state index contributed by atoms with van der Waals surface area (Å²) in [5.74, 6) is 0. The van der Waals surface area contributed by atoms with Gasteiger partial charge in [-0.05, 0) is 30.9 Å². The molecule has 0 nitrogen and oxygen atoms in total. The summed E-state index contributed by atoms with van der Waals surface area (Å²) in [5, 5.41) is 0. The average molecular weight is 210 g/mol. The minimum absolute atomic E-state index is 0.514. The molecule has 1 aromatic rings. The molecule has 0 bridgehead atoms. The molecule has 0 N–H and O–H groups in total. The smallest absolute Gasteiger partial charge is 0.127 e. The van der Waals surface area contributed by atoms with Crippen LogP contribution in [0.1, 0.15) is 26.3 Å². The van der Waals surface area contributed by atoms with Crippen molar-refractivity contribution in [3.63, 3.8) is 0 Å². The van der Waals surface area contributed by atoms with Crippen molar-refractivity contribution in [1.82, 2.24) is 0 Å². The van der Waals surface area contributed by atoms with E-state index in [0.29, 0.717) is 5.56 Å². The molecule has 3 heteroatoms. The van der Waals surface area contributed by atoms with E-state index in [2.05, 4.69) is 0 Å². The van der Waals surface area contributed by atoms with Crippen LogP contribution in [-0.4, -0.2) is 14.1 Å². The molecule has 0 saturated carbocycles. The minimum Gasteiger partial charge on any atom is -0.250 e. The Hall–Kier alpha value is -0.435. The number of hydrogen-bond acceptors (Lipinski definition) is 1. The summed E-state index contributed by atoms with van der Waals surface area (Å²) in [6.45, 7) is 5.35. The largest absolute Gasteiger partial charge is 0.250 e. The molecule has 1 rings (SSSR count). The minimum atomic E-state index is -1.73. The van der Waals surface area contributed by atoms with E-state index in [0.717, 1.165) is 4.90 Å². The van der Waals surface area contributed by atoms with Gasteiger partial charge in [0.2, 0.25) is 0 Å². The Kier molecular flexibility index (Phi) is 5.93. The van der Waals surface area contributed by atoms with Gasteiger partial charge >= 0.3 is 0 Å². The van der Waals surface area contributed by atoms with Gasteiger partial charge in [0.15, 0.2) is 0 Å². The molecule has 1 atom stereocenters. The Morgan fingerprint density at radius 1 is 1.21 bits per heavy atom. The predicted octanol–water partition coefficient (Wildman–Crippen LogP) is 3.75. The molecule has 1 unspecified atom stereocenters. The molecule has 76 valence electrons. The van der Waals surface area contributed by atoms with Gasteiger partial charge < -0.3 is 0 Å². The SMILES string of the molecule is CC.[B]C(C)(F)c1ccc(SC)cc1. The van der Waals surface area contributed by atoms with Crippen molar-refractivity contribution in [2.45, 2.75) is 31.2 Å². The Morgan fingerprint density at radius 3 is 1.93 bits per heavy atom. The van der Waals surface area contributed by atoms with Crippen LogP contribution in [0, 0.1) is 0 Å². The van der Waals surface area contributed by atoms with E-state index in [4.69, 9.17) is 7.85 Å². The van der Waals surface area contributed by atoms with Gasteiger partial charge in [-0.1, -0.05) is 26.0 Å². The highest BCUT2D eigenvalue weighted by Gasteiger charge is 2.17. The molecule has 0 saturated heterocycles. The Labute approximate surface area is 91.7 Å². The molecule has 0 aliphatic carbocycles. The third-order valence-corrected chi connectivity index (χ3v) is 2.40. The zero-order valence-electron chi connectivity index (χ0n) is 9.17. The standard InChI is InChI=1S/C9H10BFS.C2H6/c1-9(10,11)7-3-5-8(12-2)6-4-7;1-2/h3-6H,1-2H3;1-2H3. The van der Waals surface area contributed by atoms with E-state index in [1.165, 1.54) is 6.92 Å². The van der Waals surface area contributed by atoms with E-state index in [9.17, 15) is 4.39 Å². The highest BCUT2D eigenvalue weighted by atomic mass is 32.2. The zero-order valence-corrected chi connectivity index (χ0v) is 9.99. The maximum atomic E-state index is 13.1. The predicted molar refractivity (Wildman–Crippen MR) is 63.8 cm³/mol. The van der Waals surface area contributed by atoms with Gasteiger partial charge in [-0.2, -0.15) is 0 Å². The summed E-state index contributed by atoms with van der Waals surface area (Å²) in [5.41, 5.74) is -1.21. The summed E-state index contributed by atoms with van der Waals surface area (Å²) >= 11 is 1.62. The molecule has 2 radical (unpaired) electrons. The first-order valence-electron chi connectivity index (χ1n) is 4.66. The third-order valence-electron chi connectivity index (χ3n) is 1.65. The van der Waals surface area contributed by atoms with Crippen molar-refractivity contribution in [3.8, 4) is 0 Å². The topological polar surface area (TPSA) is 0 Å². The van der Waals surface area contributed by atoms with Crippen molar-refractivity contribution in [1.29, 1.82) is 0 Å². The summed E-state index contributed by atoms with van der Waals surface area (Å²) in [6.07, 6.45) is 1.98. The van der Waals surface area contributed by atoms with Crippen LogP contribution in [-0.2, 0) is 5.57 Å². The van der Waals surface area contributed by atoms with Crippen LogP contribution in [0.15, 0.2) is 29.2 Å². The molecular weight excluding hydrogens is 194 g/mol. The fourth-order valence-corrected chi connectivity index (χ4v) is 1.33. The normalized spacial score (nSPS) is 13.8. The second-order valence-corrected chi connectivity index (χ2v) is 3.68. The number of rotatable bonds is 2. The lowest BCUT2D eigenvalue weighted by Gasteiger charge is -2.14. The number of hydrogen-bond donors (Lipinski definition) is 0. The van der Waals surface area contributed by atoms with Crippen LogP contribution in [0.2, 0.25) is 0 Å². The van der Waals surface area contributed by atoms with Crippen LogP contribution >= 0.6 is 11.8 Å². The van der Waals surface area contributed by atoms with E-state index in [1.807, 2.05) is 32.2 Å². The average Bonchev–Trinajstić information content (AvgIpc) is 2.20. The maximum Gasteiger partial charge on any atom is 0.127 e. The molecule has 0 aromatic heterocycles. The quantitative estimate of drug-likeness (QED) is 0.529. The highest BCUT2D eigenvalue weighted by molar-refractivity contribution is 7.98. The van der Waals surface area contributed by atoms with Gasteiger partial charge in [0.05, 0.1) is 5.57 Å². The third kappa shape index (κ3) is 4.18. The second-order valence-electron chi connectivity index (χ2n) is 2.80. The monoisotopic (exact) mass is 210 g/mol. The molecule has 0 aliphatic rings. The van der Waals surface area contributed by atoms with Crippen molar-refractivity contribution in [3.05, 3.63) is 29.8 Å². The summed E-state index contributed by atoms with van der Waals surface area (Å²) in [4.78, 5) is 1.11. The van der Waals surface area contributed by atoms with Gasteiger partial charge in [-0.25, -0.2) is 0 Å². The molecule has 14 heavy (non-hydrogen) atoms. The van der Waals surface area contributed by atoms with Crippen molar-refractivity contribution in [2.75, 3.05) is 6.26 Å². The van der Waals surface area contributed by atoms with Gasteiger partial charge in [-0.3, -0.25) is 4.39 Å². The van der Waals surface area contributed by atoms with Crippen LogP contribution in [0.5, 0.6) is 0 Å². The lowest BCUT2D eigenvalue weighted by Crippen LogP contribution is -2.14. The lowest BCUT2D eigenvalue weighted by molar-refractivity contribution is 0.313. The molecule has 1 aromatic carbocycles. The van der Waals surface area contributed by atoms with Gasteiger partial charge in [0.1, 0.15) is 7.85 Å². The Balaban J connectivity index is 0.000000791. The van der Waals surface area contributed by atoms with Crippen LogP contribution in [0.25, 0.3) is 0 Å². The zero-order chi connectivity index (χ0) is 11.2. The van der Waals surface area contributed by atoms with Crippen LogP contribution in [0.3, 0.4) is 0 Å². The first kappa shape index (κ1) is 13.6. The maximum absolute atomic E-state index is 13.1. The molecule has 0 spiro atoms. The van der Waals surface area contributed by atoms with Crippen molar-refractivity contribution < 1.29 is 4.39 Å². The number of alkyl halides is 1. The molecular formula is C11H16BFS. The van der Waals surface area contributed by atoms with Gasteiger partial charge in [0.25, 0.3) is 0 Å². The number of halogens is 1. The fraction of sp³-hybridized carbons (Fsp3) is 0.455. The Morgan fingerprint density at radius 2 is 1.64 bits per heavy atom. The lowest BCUT2D eigenvalue weighted by atomic mass is 9.79. The number of thioether (sulfide) groups is 1. The van der Waals surface area contributed by atoms with Crippen LogP contribution in [0.4, 0.5) is 4.39 Å². The molecule has 0 amide bonds. The molecule has 0 heterocycles. The molecule has 0 fully saturated rings. The van der Waals surface area contributed by atoms with Gasteiger partial charge in [0, 0.05) is 4.90 Å². The summed E-state index contributed by atoms with van der Waals surface area (Å²) in [6, 6.07) is 7.16. The Bertz CT molecular complexity index is 251. The van der Waals surface area contributed by atoms with Crippen molar-refractivity contribution >= 4 is 19.6 Å². The number of benzene rings is 1. The first-order chi connectivity index (χ1) is 6.54. The summed E-state index contributed by atoms with van der Waals surface area (Å²) in [7, 11) is 5.27. The highest BCUT2D eigenvalue weighted by Crippen LogP contribution is 2.23. The van der Waals surface area contributed by atoms with Crippen LogP contribution < -0.4 is 0 Å². The van der Waals surface area contributed by atoms with E-state index in [1.54, 1.807) is 23.9 Å². The summed E-state index contributed by atoms with van der Waals surface area (Å²) < 4.78 is 13.1. The first-order valence-corrected chi connectivity index (χ1v) is 5.89. The molecule has 0 aliphatic heterocycles. The van der Waals surface area contributed by atoms with Crippen molar-refractivity contribution in [2.24, 2.45) is 0 Å². The second kappa shape index (κ2) is 6.12. The van der Waals surface area contributed by atoms with E-state index >= 15 is 0 Å².